The summed E-state index contributed by atoms with van der Waals surface area (Å²) < 4.78 is 17.9. The highest BCUT2D eigenvalue weighted by Crippen LogP contribution is 2.34. The van der Waals surface area contributed by atoms with Gasteiger partial charge in [-0.2, -0.15) is 5.10 Å². The lowest BCUT2D eigenvalue weighted by Gasteiger charge is -2.35. The molecule has 1 aromatic carbocycles. The van der Waals surface area contributed by atoms with Crippen LogP contribution in [-0.2, 0) is 20.1 Å². The molecule has 0 bridgehead atoms. The van der Waals surface area contributed by atoms with E-state index in [1.807, 2.05) is 16.8 Å². The van der Waals surface area contributed by atoms with Crippen LogP contribution in [0.15, 0.2) is 42.6 Å². The van der Waals surface area contributed by atoms with Gasteiger partial charge in [-0.3, -0.25) is 4.90 Å². The van der Waals surface area contributed by atoms with Gasteiger partial charge in [0.25, 0.3) is 0 Å². The van der Waals surface area contributed by atoms with Gasteiger partial charge in [0.2, 0.25) is 0 Å². The third kappa shape index (κ3) is 4.32. The number of likely N-dealkylation sites (N-methyl/N-ethyl adjacent to an activating group) is 1. The summed E-state index contributed by atoms with van der Waals surface area (Å²) in [4.78, 5) is 7.44. The third-order valence-electron chi connectivity index (χ3n) is 6.87. The number of benzene rings is 1. The first kappa shape index (κ1) is 21.2. The van der Waals surface area contributed by atoms with Crippen molar-refractivity contribution in [3.8, 4) is 5.69 Å². The zero-order valence-corrected chi connectivity index (χ0v) is 19.3. The number of aromatic nitrogens is 3. The first-order valence-electron chi connectivity index (χ1n) is 11.6. The maximum Gasteiger partial charge on any atom is 0.137 e. The molecule has 0 atom stereocenters. The second-order valence-electron chi connectivity index (χ2n) is 9.31. The Bertz CT molecular complexity index is 1060. The lowest BCUT2D eigenvalue weighted by atomic mass is 10.1. The molecular formula is C25H33FN6. The van der Waals surface area contributed by atoms with Gasteiger partial charge in [0.1, 0.15) is 11.6 Å². The quantitative estimate of drug-likeness (QED) is 0.567. The molecule has 0 radical (unpaired) electrons. The van der Waals surface area contributed by atoms with E-state index >= 15 is 0 Å². The summed E-state index contributed by atoms with van der Waals surface area (Å²) in [5.41, 5.74) is 4.59. The molecule has 0 N–H and O–H groups in total. The average molecular weight is 437 g/mol. The zero-order valence-electron chi connectivity index (χ0n) is 19.3. The summed E-state index contributed by atoms with van der Waals surface area (Å²) >= 11 is 0. The fourth-order valence-electron chi connectivity index (χ4n) is 4.66. The highest BCUT2D eigenvalue weighted by Gasteiger charge is 2.32. The van der Waals surface area contributed by atoms with E-state index in [4.69, 9.17) is 5.10 Å². The van der Waals surface area contributed by atoms with Gasteiger partial charge in [-0.15, -0.1) is 0 Å². The van der Waals surface area contributed by atoms with Crippen LogP contribution in [0.4, 0.5) is 10.2 Å². The molecule has 6 nitrogen and oxygen atoms in total. The molecule has 5 rings (SSSR count). The number of anilines is 1. The molecule has 0 spiro atoms. The van der Waals surface area contributed by atoms with Crippen molar-refractivity contribution in [2.75, 3.05) is 38.1 Å². The van der Waals surface area contributed by atoms with Crippen LogP contribution in [0.5, 0.6) is 0 Å². The molecule has 32 heavy (non-hydrogen) atoms. The van der Waals surface area contributed by atoms with Gasteiger partial charge in [0.15, 0.2) is 0 Å². The number of halogens is 1. The van der Waals surface area contributed by atoms with E-state index in [-0.39, 0.29) is 5.82 Å². The molecule has 1 saturated carbocycles. The Kier molecular flexibility index (Phi) is 5.78. The van der Waals surface area contributed by atoms with Gasteiger partial charge in [-0.05, 0) is 63.2 Å². The molecule has 170 valence electrons. The number of aryl methyl sites for hydroxylation is 2. The maximum atomic E-state index is 13.6. The van der Waals surface area contributed by atoms with Crippen LogP contribution < -0.4 is 4.90 Å². The molecule has 3 heterocycles. The van der Waals surface area contributed by atoms with E-state index < -0.39 is 0 Å². The van der Waals surface area contributed by atoms with Gasteiger partial charge in [-0.25, -0.2) is 9.07 Å². The van der Waals surface area contributed by atoms with Crippen molar-refractivity contribution in [1.82, 2.24) is 24.1 Å². The number of nitrogens with zero attached hydrogens (tertiary/aromatic N) is 6. The summed E-state index contributed by atoms with van der Waals surface area (Å²) in [6.07, 6.45) is 4.65. The molecule has 7 heteroatoms. The lowest BCUT2D eigenvalue weighted by Crippen LogP contribution is -2.45. The van der Waals surface area contributed by atoms with Crippen molar-refractivity contribution in [3.63, 3.8) is 0 Å². The van der Waals surface area contributed by atoms with Crippen LogP contribution in [0, 0.1) is 12.7 Å². The predicted molar refractivity (Wildman–Crippen MR) is 126 cm³/mol. The topological polar surface area (TPSA) is 32.5 Å². The standard InChI is InChI=1S/C25H33FN6/c1-19-24(18-31(21-10-11-21)17-23-5-4-12-29(23)3)25(30-15-13-28(2)14-16-30)32(27-19)22-8-6-20(26)7-9-22/h4-9,12,21H,10-11,13-18H2,1-3H3. The molecule has 1 aliphatic heterocycles. The van der Waals surface area contributed by atoms with Crippen LogP contribution in [-0.4, -0.2) is 63.4 Å². The normalized spacial score (nSPS) is 17.5. The fraction of sp³-hybridized carbons (Fsp3) is 0.480. The first-order chi connectivity index (χ1) is 15.5. The van der Waals surface area contributed by atoms with E-state index in [1.165, 1.54) is 42.0 Å². The van der Waals surface area contributed by atoms with Crippen LogP contribution in [0.25, 0.3) is 5.69 Å². The lowest BCUT2D eigenvalue weighted by molar-refractivity contribution is 0.239. The van der Waals surface area contributed by atoms with Crippen molar-refractivity contribution < 1.29 is 4.39 Å². The van der Waals surface area contributed by atoms with E-state index in [2.05, 4.69) is 58.6 Å². The number of rotatable bonds is 7. The van der Waals surface area contributed by atoms with Gasteiger partial charge in [-0.1, -0.05) is 0 Å². The number of hydrogen-bond donors (Lipinski definition) is 0. The van der Waals surface area contributed by atoms with E-state index in [9.17, 15) is 4.39 Å². The summed E-state index contributed by atoms with van der Waals surface area (Å²) in [6.45, 7) is 7.93. The Morgan fingerprint density at radius 2 is 1.72 bits per heavy atom. The van der Waals surface area contributed by atoms with Gasteiger partial charge in [0.05, 0.1) is 11.4 Å². The predicted octanol–water partition coefficient (Wildman–Crippen LogP) is 3.57. The first-order valence-corrected chi connectivity index (χ1v) is 11.6. The van der Waals surface area contributed by atoms with Gasteiger partial charge in [0, 0.05) is 69.8 Å². The van der Waals surface area contributed by atoms with Crippen molar-refractivity contribution in [1.29, 1.82) is 0 Å². The summed E-state index contributed by atoms with van der Waals surface area (Å²) in [7, 11) is 4.29. The average Bonchev–Trinajstić information content (AvgIpc) is 3.48. The molecule has 0 amide bonds. The smallest absolute Gasteiger partial charge is 0.137 e. The minimum Gasteiger partial charge on any atom is -0.354 e. The SMILES string of the molecule is Cc1nn(-c2ccc(F)cc2)c(N2CCN(C)CC2)c1CN(Cc1cccn1C)C1CC1. The Labute approximate surface area is 189 Å². The van der Waals surface area contributed by atoms with E-state index in [0.29, 0.717) is 6.04 Å². The molecular weight excluding hydrogens is 403 g/mol. The second kappa shape index (κ2) is 8.71. The molecule has 2 fully saturated rings. The molecule has 1 saturated heterocycles. The summed E-state index contributed by atoms with van der Waals surface area (Å²) in [6, 6.07) is 11.7. The minimum atomic E-state index is -0.221. The molecule has 0 unspecified atom stereocenters. The van der Waals surface area contributed by atoms with Crippen LogP contribution in [0.3, 0.4) is 0 Å². The van der Waals surface area contributed by atoms with Crippen LogP contribution in [0.2, 0.25) is 0 Å². The Balaban J connectivity index is 1.51. The number of hydrogen-bond acceptors (Lipinski definition) is 4. The third-order valence-corrected chi connectivity index (χ3v) is 6.87. The second-order valence-corrected chi connectivity index (χ2v) is 9.31. The monoisotopic (exact) mass is 436 g/mol. The Morgan fingerprint density at radius 1 is 1.00 bits per heavy atom. The molecule has 2 aromatic heterocycles. The molecule has 1 aliphatic carbocycles. The highest BCUT2D eigenvalue weighted by molar-refractivity contribution is 5.56. The van der Waals surface area contributed by atoms with Gasteiger partial charge < -0.3 is 14.4 Å². The van der Waals surface area contributed by atoms with Crippen molar-refractivity contribution in [2.45, 2.75) is 38.9 Å². The largest absolute Gasteiger partial charge is 0.354 e. The van der Waals surface area contributed by atoms with E-state index in [1.54, 1.807) is 0 Å². The summed E-state index contributed by atoms with van der Waals surface area (Å²) in [5, 5.41) is 4.96. The van der Waals surface area contributed by atoms with Crippen molar-refractivity contribution >= 4 is 5.82 Å². The Hall–Kier alpha value is -2.64. The molecule has 3 aromatic rings. The fourth-order valence-corrected chi connectivity index (χ4v) is 4.66. The van der Waals surface area contributed by atoms with Crippen LogP contribution >= 0.6 is 0 Å². The number of piperazine rings is 1. The summed E-state index contributed by atoms with van der Waals surface area (Å²) in [5.74, 6) is 0.946. The van der Waals surface area contributed by atoms with E-state index in [0.717, 1.165) is 50.6 Å². The zero-order chi connectivity index (χ0) is 22.2. The van der Waals surface area contributed by atoms with Crippen molar-refractivity contribution in [2.24, 2.45) is 7.05 Å². The minimum absolute atomic E-state index is 0.221. The van der Waals surface area contributed by atoms with Crippen molar-refractivity contribution in [3.05, 3.63) is 65.4 Å². The van der Waals surface area contributed by atoms with Crippen LogP contribution in [0.1, 0.15) is 29.8 Å². The highest BCUT2D eigenvalue weighted by atomic mass is 19.1. The van der Waals surface area contributed by atoms with Gasteiger partial charge >= 0.3 is 0 Å². The molecule has 2 aliphatic rings. The maximum absolute atomic E-state index is 13.6. The Morgan fingerprint density at radius 3 is 2.34 bits per heavy atom.